The molecule has 3 aromatic rings. The van der Waals surface area contributed by atoms with Crippen molar-refractivity contribution in [1.29, 1.82) is 0 Å². The van der Waals surface area contributed by atoms with Crippen molar-refractivity contribution in [2.45, 2.75) is 25.8 Å². The monoisotopic (exact) mass is 491 g/mol. The average Bonchev–Trinajstić information content (AvgIpc) is 2.89. The third-order valence-electron chi connectivity index (χ3n) is 6.30. The van der Waals surface area contributed by atoms with E-state index in [1.165, 1.54) is 48.5 Å². The molecule has 186 valence electrons. The zero-order valence-corrected chi connectivity index (χ0v) is 19.8. The molecule has 3 aromatic carbocycles. The summed E-state index contributed by atoms with van der Waals surface area (Å²) in [4.78, 5) is 39.7. The standard InChI is InChI=1S/C28H27F2N3O3/c1-18(19-8-14-25(15-9-19)32-26(34)20-4-10-23(29)11-5-20)31-27(35)22-3-2-16-33(17-22)28(36)21-6-12-24(30)13-7-21/h4-15,18,22H,2-3,16-17H2,1H3,(H,31,35)(H,32,34). The van der Waals surface area contributed by atoms with Crippen LogP contribution in [0.1, 0.15) is 52.1 Å². The highest BCUT2D eigenvalue weighted by Gasteiger charge is 2.29. The fraction of sp³-hybridized carbons (Fsp3) is 0.250. The van der Waals surface area contributed by atoms with Crippen LogP contribution in [0.4, 0.5) is 14.5 Å². The van der Waals surface area contributed by atoms with Gasteiger partial charge in [-0.25, -0.2) is 8.78 Å². The van der Waals surface area contributed by atoms with Crippen LogP contribution in [0.3, 0.4) is 0 Å². The maximum absolute atomic E-state index is 13.2. The third kappa shape index (κ3) is 6.13. The van der Waals surface area contributed by atoms with Crippen LogP contribution < -0.4 is 10.6 Å². The van der Waals surface area contributed by atoms with E-state index in [0.29, 0.717) is 42.7 Å². The number of piperidine rings is 1. The van der Waals surface area contributed by atoms with Crippen molar-refractivity contribution in [3.05, 3.63) is 101 Å². The smallest absolute Gasteiger partial charge is 0.255 e. The summed E-state index contributed by atoms with van der Waals surface area (Å²) in [5.41, 5.74) is 2.19. The Hall–Kier alpha value is -4.07. The summed E-state index contributed by atoms with van der Waals surface area (Å²) in [7, 11) is 0. The van der Waals surface area contributed by atoms with Gasteiger partial charge in [0.25, 0.3) is 11.8 Å². The molecule has 0 saturated carbocycles. The van der Waals surface area contributed by atoms with Gasteiger partial charge >= 0.3 is 0 Å². The molecule has 1 aliphatic heterocycles. The molecule has 0 aromatic heterocycles. The molecular weight excluding hydrogens is 464 g/mol. The summed E-state index contributed by atoms with van der Waals surface area (Å²) in [6.45, 7) is 2.73. The van der Waals surface area contributed by atoms with Gasteiger partial charge in [-0.05, 0) is 86.0 Å². The van der Waals surface area contributed by atoms with E-state index in [2.05, 4.69) is 10.6 Å². The van der Waals surface area contributed by atoms with Crippen LogP contribution in [0.5, 0.6) is 0 Å². The van der Waals surface area contributed by atoms with Gasteiger partial charge in [0.15, 0.2) is 0 Å². The second-order valence-electron chi connectivity index (χ2n) is 8.91. The molecule has 0 spiro atoms. The number of nitrogens with one attached hydrogen (secondary N) is 2. The van der Waals surface area contributed by atoms with Crippen molar-refractivity contribution >= 4 is 23.4 Å². The van der Waals surface area contributed by atoms with E-state index < -0.39 is 11.6 Å². The zero-order chi connectivity index (χ0) is 25.7. The fourth-order valence-electron chi connectivity index (χ4n) is 4.22. The molecular formula is C28H27F2N3O3. The lowest BCUT2D eigenvalue weighted by atomic mass is 9.95. The van der Waals surface area contributed by atoms with Crippen LogP contribution in [0, 0.1) is 17.6 Å². The van der Waals surface area contributed by atoms with Gasteiger partial charge in [-0.15, -0.1) is 0 Å². The lowest BCUT2D eigenvalue weighted by molar-refractivity contribution is -0.127. The second kappa shape index (κ2) is 11.1. The summed E-state index contributed by atoms with van der Waals surface area (Å²) in [6, 6.07) is 17.5. The minimum Gasteiger partial charge on any atom is -0.349 e. The van der Waals surface area contributed by atoms with E-state index in [1.807, 2.05) is 19.1 Å². The third-order valence-corrected chi connectivity index (χ3v) is 6.30. The predicted octanol–water partition coefficient (Wildman–Crippen LogP) is 4.95. The van der Waals surface area contributed by atoms with Crippen LogP contribution in [0.2, 0.25) is 0 Å². The number of hydrogen-bond donors (Lipinski definition) is 2. The van der Waals surface area contributed by atoms with Crippen molar-refractivity contribution in [3.8, 4) is 0 Å². The van der Waals surface area contributed by atoms with E-state index in [9.17, 15) is 23.2 Å². The van der Waals surface area contributed by atoms with Gasteiger partial charge in [0, 0.05) is 29.9 Å². The summed E-state index contributed by atoms with van der Waals surface area (Å²) in [6.07, 6.45) is 1.39. The highest BCUT2D eigenvalue weighted by molar-refractivity contribution is 6.04. The minimum absolute atomic E-state index is 0.132. The normalized spacial score (nSPS) is 16.2. The zero-order valence-electron chi connectivity index (χ0n) is 19.8. The number of carbonyl (C=O) groups is 3. The maximum atomic E-state index is 13.2. The number of carbonyl (C=O) groups excluding carboxylic acids is 3. The Labute approximate surface area is 208 Å². The number of nitrogens with zero attached hydrogens (tertiary/aromatic N) is 1. The quantitative estimate of drug-likeness (QED) is 0.512. The van der Waals surface area contributed by atoms with Crippen LogP contribution in [0.15, 0.2) is 72.8 Å². The SMILES string of the molecule is CC(NC(=O)C1CCCN(C(=O)c2ccc(F)cc2)C1)c1ccc(NC(=O)c2ccc(F)cc2)cc1. The first-order chi connectivity index (χ1) is 17.3. The van der Waals surface area contributed by atoms with E-state index in [4.69, 9.17) is 0 Å². The lowest BCUT2D eigenvalue weighted by Crippen LogP contribution is -2.45. The van der Waals surface area contributed by atoms with E-state index in [1.54, 1.807) is 17.0 Å². The molecule has 0 radical (unpaired) electrons. The number of halogens is 2. The second-order valence-corrected chi connectivity index (χ2v) is 8.91. The Bertz CT molecular complexity index is 1230. The van der Waals surface area contributed by atoms with Crippen molar-refractivity contribution < 1.29 is 23.2 Å². The van der Waals surface area contributed by atoms with E-state index in [0.717, 1.165) is 5.56 Å². The largest absolute Gasteiger partial charge is 0.349 e. The Morgan fingerprint density at radius 1 is 0.861 bits per heavy atom. The molecule has 0 bridgehead atoms. The van der Waals surface area contributed by atoms with Crippen LogP contribution >= 0.6 is 0 Å². The highest BCUT2D eigenvalue weighted by Crippen LogP contribution is 2.22. The fourth-order valence-corrected chi connectivity index (χ4v) is 4.22. The number of hydrogen-bond acceptors (Lipinski definition) is 3. The number of anilines is 1. The highest BCUT2D eigenvalue weighted by atomic mass is 19.1. The molecule has 0 aliphatic carbocycles. The number of likely N-dealkylation sites (tertiary alicyclic amines) is 1. The number of rotatable bonds is 6. The average molecular weight is 492 g/mol. The lowest BCUT2D eigenvalue weighted by Gasteiger charge is -2.32. The van der Waals surface area contributed by atoms with E-state index in [-0.39, 0.29) is 29.7 Å². The van der Waals surface area contributed by atoms with Gasteiger partial charge in [-0.2, -0.15) is 0 Å². The van der Waals surface area contributed by atoms with Crippen LogP contribution in [-0.4, -0.2) is 35.7 Å². The summed E-state index contributed by atoms with van der Waals surface area (Å²) >= 11 is 0. The Morgan fingerprint density at radius 2 is 1.44 bits per heavy atom. The Kier molecular flexibility index (Phi) is 7.73. The predicted molar refractivity (Wildman–Crippen MR) is 132 cm³/mol. The van der Waals surface area contributed by atoms with Crippen molar-refractivity contribution in [2.24, 2.45) is 5.92 Å². The van der Waals surface area contributed by atoms with Crippen molar-refractivity contribution in [3.63, 3.8) is 0 Å². The topological polar surface area (TPSA) is 78.5 Å². The number of benzene rings is 3. The molecule has 3 amide bonds. The molecule has 1 heterocycles. The Balaban J connectivity index is 1.32. The van der Waals surface area contributed by atoms with Crippen molar-refractivity contribution in [2.75, 3.05) is 18.4 Å². The van der Waals surface area contributed by atoms with Crippen molar-refractivity contribution in [1.82, 2.24) is 10.2 Å². The van der Waals surface area contributed by atoms with Gasteiger partial charge in [0.1, 0.15) is 11.6 Å². The molecule has 2 unspecified atom stereocenters. The van der Waals surface area contributed by atoms with Crippen LogP contribution in [0.25, 0.3) is 0 Å². The Morgan fingerprint density at radius 3 is 2.06 bits per heavy atom. The molecule has 1 aliphatic rings. The summed E-state index contributed by atoms with van der Waals surface area (Å²) < 4.78 is 26.2. The molecule has 2 atom stereocenters. The molecule has 36 heavy (non-hydrogen) atoms. The van der Waals surface area contributed by atoms with Gasteiger partial charge in [-0.1, -0.05) is 12.1 Å². The molecule has 8 heteroatoms. The first kappa shape index (κ1) is 25.0. The first-order valence-corrected chi connectivity index (χ1v) is 11.8. The van der Waals surface area contributed by atoms with Gasteiger partial charge in [-0.3, -0.25) is 14.4 Å². The molecule has 6 nitrogen and oxygen atoms in total. The first-order valence-electron chi connectivity index (χ1n) is 11.8. The molecule has 2 N–H and O–H groups in total. The molecule has 1 saturated heterocycles. The maximum Gasteiger partial charge on any atom is 0.255 e. The summed E-state index contributed by atoms with van der Waals surface area (Å²) in [5, 5.41) is 5.78. The summed E-state index contributed by atoms with van der Waals surface area (Å²) in [5.74, 6) is -1.83. The van der Waals surface area contributed by atoms with E-state index >= 15 is 0 Å². The van der Waals surface area contributed by atoms with Gasteiger partial charge in [0.2, 0.25) is 5.91 Å². The van der Waals surface area contributed by atoms with Crippen LogP contribution in [-0.2, 0) is 4.79 Å². The molecule has 1 fully saturated rings. The number of amides is 3. The minimum atomic E-state index is -0.410. The molecule has 4 rings (SSSR count). The van der Waals surface area contributed by atoms with Gasteiger partial charge in [0.05, 0.1) is 12.0 Å². The van der Waals surface area contributed by atoms with Gasteiger partial charge < -0.3 is 15.5 Å².